The third kappa shape index (κ3) is 1.74. The molecule has 18 heavy (non-hydrogen) atoms. The van der Waals surface area contributed by atoms with Crippen LogP contribution < -0.4 is 5.32 Å². The average molecular weight is 247 g/mol. The molecule has 3 amide bonds. The van der Waals surface area contributed by atoms with Gasteiger partial charge in [-0.05, 0) is 26.0 Å². The van der Waals surface area contributed by atoms with Crippen LogP contribution in [0.5, 0.6) is 0 Å². The number of carbonyl (C=O) groups is 2. The second kappa shape index (κ2) is 4.18. The highest BCUT2D eigenvalue weighted by Gasteiger charge is 2.51. The van der Waals surface area contributed by atoms with Gasteiger partial charge in [-0.2, -0.15) is 5.26 Å². The molecule has 2 rings (SSSR count). The molecule has 0 bridgehead atoms. The maximum Gasteiger partial charge on any atom is 0.325 e. The molecule has 1 aliphatic heterocycles. The predicted molar refractivity (Wildman–Crippen MR) is 61.1 cm³/mol. The molecule has 6 heteroatoms. The van der Waals surface area contributed by atoms with Gasteiger partial charge in [0.05, 0.1) is 18.3 Å². The fraction of sp³-hybridized carbons (Fsp3) is 0.417. The van der Waals surface area contributed by atoms with Crippen LogP contribution in [0.2, 0.25) is 0 Å². The van der Waals surface area contributed by atoms with Gasteiger partial charge in [0.25, 0.3) is 5.91 Å². The fourth-order valence-electron chi connectivity index (χ4n) is 1.91. The molecule has 0 saturated carbocycles. The number of hydrogen-bond donors (Lipinski definition) is 1. The van der Waals surface area contributed by atoms with E-state index in [1.807, 2.05) is 6.07 Å². The third-order valence-electron chi connectivity index (χ3n) is 2.97. The van der Waals surface area contributed by atoms with E-state index in [4.69, 9.17) is 9.68 Å². The predicted octanol–water partition coefficient (Wildman–Crippen LogP) is 1.21. The first-order valence-corrected chi connectivity index (χ1v) is 5.56. The largest absolute Gasteiger partial charge is 0.466 e. The standard InChI is InChI=1S/C12H13N3O3/c1-8(6-13)7-15-10(16)12(2,14-11(15)17)9-4-3-5-18-9/h3-5,8H,7H2,1-2H3,(H,14,17). The highest BCUT2D eigenvalue weighted by atomic mass is 16.3. The Bertz CT molecular complexity index is 517. The number of rotatable bonds is 3. The summed E-state index contributed by atoms with van der Waals surface area (Å²) in [6.07, 6.45) is 1.45. The van der Waals surface area contributed by atoms with Gasteiger partial charge in [-0.3, -0.25) is 9.69 Å². The van der Waals surface area contributed by atoms with Gasteiger partial charge in [-0.15, -0.1) is 0 Å². The van der Waals surface area contributed by atoms with Crippen LogP contribution in [-0.4, -0.2) is 23.4 Å². The van der Waals surface area contributed by atoms with Crippen molar-refractivity contribution in [2.24, 2.45) is 5.92 Å². The maximum absolute atomic E-state index is 12.3. The summed E-state index contributed by atoms with van der Waals surface area (Å²) >= 11 is 0. The lowest BCUT2D eigenvalue weighted by Gasteiger charge is -2.19. The average Bonchev–Trinajstić information content (AvgIpc) is 2.93. The van der Waals surface area contributed by atoms with Gasteiger partial charge in [0.1, 0.15) is 5.76 Å². The molecular formula is C12H13N3O3. The SMILES string of the molecule is CC(C#N)CN1C(=O)NC(C)(c2ccco2)C1=O. The minimum atomic E-state index is -1.18. The minimum Gasteiger partial charge on any atom is -0.466 e. The molecule has 0 aromatic carbocycles. The molecule has 94 valence electrons. The summed E-state index contributed by atoms with van der Waals surface area (Å²) in [6.45, 7) is 3.32. The van der Waals surface area contributed by atoms with Gasteiger partial charge in [0, 0.05) is 6.54 Å². The van der Waals surface area contributed by atoms with Crippen molar-refractivity contribution in [2.45, 2.75) is 19.4 Å². The normalized spacial score (nSPS) is 24.8. The highest BCUT2D eigenvalue weighted by molar-refractivity contribution is 6.06. The molecule has 1 aliphatic rings. The van der Waals surface area contributed by atoms with Crippen molar-refractivity contribution < 1.29 is 14.0 Å². The van der Waals surface area contributed by atoms with Crippen molar-refractivity contribution >= 4 is 11.9 Å². The Morgan fingerprint density at radius 2 is 2.33 bits per heavy atom. The Balaban J connectivity index is 2.27. The molecule has 1 aromatic rings. The van der Waals surface area contributed by atoms with Crippen molar-refractivity contribution in [3.8, 4) is 6.07 Å². The summed E-state index contributed by atoms with van der Waals surface area (Å²) in [5, 5.41) is 11.3. The summed E-state index contributed by atoms with van der Waals surface area (Å²) in [5.74, 6) is -0.420. The first-order valence-electron chi connectivity index (χ1n) is 5.56. The van der Waals surface area contributed by atoms with Crippen LogP contribution in [0, 0.1) is 17.2 Å². The van der Waals surface area contributed by atoms with Crippen LogP contribution in [0.15, 0.2) is 22.8 Å². The second-order valence-corrected chi connectivity index (χ2v) is 4.48. The number of nitriles is 1. The summed E-state index contributed by atoms with van der Waals surface area (Å²) in [5.41, 5.74) is -1.18. The monoisotopic (exact) mass is 247 g/mol. The van der Waals surface area contributed by atoms with Crippen LogP contribution >= 0.6 is 0 Å². The Kier molecular flexibility index (Phi) is 2.83. The van der Waals surface area contributed by atoms with E-state index < -0.39 is 23.4 Å². The molecule has 1 saturated heterocycles. The van der Waals surface area contributed by atoms with E-state index in [9.17, 15) is 9.59 Å². The Morgan fingerprint density at radius 1 is 1.61 bits per heavy atom. The zero-order chi connectivity index (χ0) is 13.3. The molecule has 1 N–H and O–H groups in total. The Hall–Kier alpha value is -2.29. The van der Waals surface area contributed by atoms with Crippen LogP contribution in [0.25, 0.3) is 0 Å². The van der Waals surface area contributed by atoms with Gasteiger partial charge in [-0.25, -0.2) is 4.79 Å². The van der Waals surface area contributed by atoms with E-state index in [2.05, 4.69) is 5.32 Å². The molecule has 0 spiro atoms. The molecule has 1 fully saturated rings. The van der Waals surface area contributed by atoms with Gasteiger partial charge < -0.3 is 9.73 Å². The van der Waals surface area contributed by atoms with Gasteiger partial charge in [0.2, 0.25) is 0 Å². The number of imide groups is 1. The van der Waals surface area contributed by atoms with Gasteiger partial charge >= 0.3 is 6.03 Å². The maximum atomic E-state index is 12.3. The van der Waals surface area contributed by atoms with Crippen molar-refractivity contribution in [2.75, 3.05) is 6.54 Å². The van der Waals surface area contributed by atoms with E-state index in [0.29, 0.717) is 5.76 Å². The number of hydrogen-bond acceptors (Lipinski definition) is 4. The lowest BCUT2D eigenvalue weighted by Crippen LogP contribution is -2.41. The van der Waals surface area contributed by atoms with Crippen LogP contribution in [0.3, 0.4) is 0 Å². The lowest BCUT2D eigenvalue weighted by molar-refractivity contribution is -0.131. The third-order valence-corrected chi connectivity index (χ3v) is 2.97. The summed E-state index contributed by atoms with van der Waals surface area (Å²) in [7, 11) is 0. The van der Waals surface area contributed by atoms with Crippen molar-refractivity contribution in [1.82, 2.24) is 10.2 Å². The van der Waals surface area contributed by atoms with Crippen LogP contribution in [0.1, 0.15) is 19.6 Å². The molecule has 0 radical (unpaired) electrons. The van der Waals surface area contributed by atoms with E-state index >= 15 is 0 Å². The van der Waals surface area contributed by atoms with Crippen LogP contribution in [-0.2, 0) is 10.3 Å². The lowest BCUT2D eigenvalue weighted by atomic mass is 9.99. The summed E-state index contributed by atoms with van der Waals surface area (Å²) < 4.78 is 5.19. The van der Waals surface area contributed by atoms with Gasteiger partial charge in [0.15, 0.2) is 5.54 Å². The number of nitrogens with one attached hydrogen (secondary N) is 1. The van der Waals surface area contributed by atoms with E-state index in [0.717, 1.165) is 4.90 Å². The molecule has 2 unspecified atom stereocenters. The first-order chi connectivity index (χ1) is 8.49. The van der Waals surface area contributed by atoms with Gasteiger partial charge in [-0.1, -0.05) is 0 Å². The number of amides is 3. The molecule has 2 atom stereocenters. The van der Waals surface area contributed by atoms with E-state index in [1.54, 1.807) is 26.0 Å². The summed E-state index contributed by atoms with van der Waals surface area (Å²) in [6, 6.07) is 4.79. The number of nitrogens with zero attached hydrogens (tertiary/aromatic N) is 2. The molecule has 2 heterocycles. The summed E-state index contributed by atoms with van der Waals surface area (Å²) in [4.78, 5) is 25.1. The number of carbonyl (C=O) groups excluding carboxylic acids is 2. The number of furan rings is 1. The molecule has 0 aliphatic carbocycles. The zero-order valence-corrected chi connectivity index (χ0v) is 10.1. The quantitative estimate of drug-likeness (QED) is 0.813. The zero-order valence-electron chi connectivity index (χ0n) is 10.1. The molecule has 1 aromatic heterocycles. The first kappa shape index (κ1) is 12.2. The van der Waals surface area contributed by atoms with Crippen LogP contribution in [0.4, 0.5) is 4.79 Å². The smallest absolute Gasteiger partial charge is 0.325 e. The molecular weight excluding hydrogens is 234 g/mol. The van der Waals surface area contributed by atoms with Crippen molar-refractivity contribution in [3.05, 3.63) is 24.2 Å². The second-order valence-electron chi connectivity index (χ2n) is 4.48. The van der Waals surface area contributed by atoms with Crippen molar-refractivity contribution in [3.63, 3.8) is 0 Å². The fourth-order valence-corrected chi connectivity index (χ4v) is 1.91. The minimum absolute atomic E-state index is 0.0808. The van der Waals surface area contributed by atoms with E-state index in [1.165, 1.54) is 6.26 Å². The Morgan fingerprint density at radius 3 is 2.89 bits per heavy atom. The Labute approximate surface area is 104 Å². The number of urea groups is 1. The molecule has 6 nitrogen and oxygen atoms in total. The van der Waals surface area contributed by atoms with E-state index in [-0.39, 0.29) is 6.54 Å². The topological polar surface area (TPSA) is 86.3 Å². The highest BCUT2D eigenvalue weighted by Crippen LogP contribution is 2.29. The van der Waals surface area contributed by atoms with Crippen molar-refractivity contribution in [1.29, 1.82) is 5.26 Å².